The van der Waals surface area contributed by atoms with E-state index in [2.05, 4.69) is 0 Å². The van der Waals surface area contributed by atoms with Crippen LogP contribution in [-0.4, -0.2) is 45.8 Å². The maximum atomic E-state index is 15.3. The first-order valence-electron chi connectivity index (χ1n) is 16.1. The summed E-state index contributed by atoms with van der Waals surface area (Å²) in [4.78, 5) is 60.7. The third-order valence-electron chi connectivity index (χ3n) is 10.5. The van der Waals surface area contributed by atoms with Gasteiger partial charge in [0.2, 0.25) is 23.6 Å². The standard InChI is InChI=1S/C38H37ClN2O6/c1-5-47-30-18-21(14-17-29(30)42)32-25-15-16-26-31(35(45)41(33(26)43)37(2,3)4)27(25)20-28-34(44)40(24-13-9-12-23(39)19-24)36(46)38(28,32)22-10-7-6-8-11-22/h6-15,17-19,26-28,31-32,42H,5,16,20H2,1-4H3/t26-,27+,28-,31-,32-,38+/m0/s1. The molecule has 0 unspecified atom stereocenters. The highest BCUT2D eigenvalue weighted by Crippen LogP contribution is 2.65. The van der Waals surface area contributed by atoms with E-state index in [1.165, 1.54) is 9.80 Å². The lowest BCUT2D eigenvalue weighted by molar-refractivity contribution is -0.145. The third kappa shape index (κ3) is 4.48. The minimum absolute atomic E-state index is 0.0438. The van der Waals surface area contributed by atoms with E-state index in [0.29, 0.717) is 34.9 Å². The predicted octanol–water partition coefficient (Wildman–Crippen LogP) is 6.41. The molecule has 1 saturated carbocycles. The summed E-state index contributed by atoms with van der Waals surface area (Å²) in [6.07, 6.45) is 2.59. The number of halogens is 1. The van der Waals surface area contributed by atoms with Crippen molar-refractivity contribution in [3.8, 4) is 11.5 Å². The molecule has 7 rings (SSSR count). The van der Waals surface area contributed by atoms with E-state index >= 15 is 4.79 Å². The van der Waals surface area contributed by atoms with Crippen molar-refractivity contribution >= 4 is 40.9 Å². The van der Waals surface area contributed by atoms with Crippen molar-refractivity contribution in [3.05, 3.63) is 101 Å². The molecule has 0 spiro atoms. The number of rotatable bonds is 5. The lowest BCUT2D eigenvalue weighted by Crippen LogP contribution is -2.53. The van der Waals surface area contributed by atoms with Crippen molar-refractivity contribution in [2.45, 2.75) is 57.4 Å². The highest BCUT2D eigenvalue weighted by molar-refractivity contribution is 6.32. The van der Waals surface area contributed by atoms with Crippen LogP contribution in [0, 0.1) is 23.7 Å². The van der Waals surface area contributed by atoms with Crippen molar-refractivity contribution in [3.63, 3.8) is 0 Å². The van der Waals surface area contributed by atoms with Gasteiger partial charge in [-0.15, -0.1) is 0 Å². The molecule has 0 radical (unpaired) electrons. The molecule has 2 aliphatic heterocycles. The Morgan fingerprint density at radius 1 is 0.915 bits per heavy atom. The SMILES string of the molecule is CCOc1cc([C@H]2C3=CC[C@@H]4C(=O)N(C(C)(C)C)C(=O)[C@@H]4[C@@H]3C[C@H]3C(=O)N(c4cccc(Cl)c4)C(=O)[C@@]23c2ccccc2)ccc1O. The van der Waals surface area contributed by atoms with Gasteiger partial charge in [0.05, 0.1) is 35.5 Å². The van der Waals surface area contributed by atoms with E-state index in [-0.39, 0.29) is 41.5 Å². The van der Waals surface area contributed by atoms with E-state index in [4.69, 9.17) is 16.3 Å². The Morgan fingerprint density at radius 2 is 1.66 bits per heavy atom. The number of carbonyl (C=O) groups is 4. The zero-order valence-corrected chi connectivity index (χ0v) is 27.5. The molecule has 4 aliphatic rings. The molecule has 0 bridgehead atoms. The fourth-order valence-electron chi connectivity index (χ4n) is 8.76. The maximum absolute atomic E-state index is 15.3. The fourth-order valence-corrected chi connectivity index (χ4v) is 8.95. The van der Waals surface area contributed by atoms with Crippen LogP contribution in [-0.2, 0) is 24.6 Å². The topological polar surface area (TPSA) is 104 Å². The molecule has 242 valence electrons. The van der Waals surface area contributed by atoms with Gasteiger partial charge in [-0.25, -0.2) is 4.90 Å². The second kappa shape index (κ2) is 11.1. The van der Waals surface area contributed by atoms with Crippen LogP contribution in [0.3, 0.4) is 0 Å². The Kier molecular flexibility index (Phi) is 7.35. The Morgan fingerprint density at radius 3 is 2.34 bits per heavy atom. The monoisotopic (exact) mass is 652 g/mol. The van der Waals surface area contributed by atoms with Crippen LogP contribution in [0.5, 0.6) is 11.5 Å². The molecule has 8 nitrogen and oxygen atoms in total. The van der Waals surface area contributed by atoms with Gasteiger partial charge in [-0.3, -0.25) is 24.1 Å². The number of hydrogen-bond donors (Lipinski definition) is 1. The van der Waals surface area contributed by atoms with Gasteiger partial charge in [0.1, 0.15) is 0 Å². The normalized spacial score (nSPS) is 28.6. The molecule has 4 amide bonds. The van der Waals surface area contributed by atoms with Crippen LogP contribution in [0.15, 0.2) is 84.4 Å². The number of fused-ring (bicyclic) bond motifs is 4. The lowest BCUT2D eigenvalue weighted by atomic mass is 9.49. The molecule has 2 heterocycles. The first-order valence-corrected chi connectivity index (χ1v) is 16.5. The number of likely N-dealkylation sites (tertiary alicyclic amines) is 1. The van der Waals surface area contributed by atoms with Crippen LogP contribution in [0.4, 0.5) is 5.69 Å². The smallest absolute Gasteiger partial charge is 0.246 e. The quantitative estimate of drug-likeness (QED) is 0.253. The lowest BCUT2D eigenvalue weighted by Gasteiger charge is -2.50. The Bertz CT molecular complexity index is 1850. The van der Waals surface area contributed by atoms with E-state index in [9.17, 15) is 19.5 Å². The van der Waals surface area contributed by atoms with Gasteiger partial charge in [0.25, 0.3) is 0 Å². The highest BCUT2D eigenvalue weighted by Gasteiger charge is 2.70. The minimum Gasteiger partial charge on any atom is -0.504 e. The molecule has 1 N–H and O–H groups in total. The van der Waals surface area contributed by atoms with Crippen molar-refractivity contribution < 1.29 is 29.0 Å². The zero-order valence-electron chi connectivity index (χ0n) is 26.8. The third-order valence-corrected chi connectivity index (χ3v) is 10.7. The average Bonchev–Trinajstić information content (AvgIpc) is 3.43. The summed E-state index contributed by atoms with van der Waals surface area (Å²) in [5, 5.41) is 11.1. The number of imide groups is 2. The van der Waals surface area contributed by atoms with Gasteiger partial charge in [-0.1, -0.05) is 65.7 Å². The van der Waals surface area contributed by atoms with Crippen LogP contribution in [0.25, 0.3) is 0 Å². The molecule has 0 aromatic heterocycles. The highest BCUT2D eigenvalue weighted by atomic mass is 35.5. The van der Waals surface area contributed by atoms with E-state index in [1.54, 1.807) is 42.5 Å². The maximum Gasteiger partial charge on any atom is 0.246 e. The minimum atomic E-state index is -1.40. The first-order chi connectivity index (χ1) is 22.4. The van der Waals surface area contributed by atoms with Gasteiger partial charge in [0, 0.05) is 16.5 Å². The van der Waals surface area contributed by atoms with Gasteiger partial charge < -0.3 is 9.84 Å². The van der Waals surface area contributed by atoms with Crippen molar-refractivity contribution in [2.75, 3.05) is 11.5 Å². The molecular weight excluding hydrogens is 616 g/mol. The van der Waals surface area contributed by atoms with Crippen molar-refractivity contribution in [1.82, 2.24) is 4.90 Å². The molecule has 2 saturated heterocycles. The Labute approximate surface area is 279 Å². The summed E-state index contributed by atoms with van der Waals surface area (Å²) >= 11 is 6.38. The summed E-state index contributed by atoms with van der Waals surface area (Å²) in [5.74, 6) is -4.22. The number of phenols is 1. The zero-order chi connectivity index (χ0) is 33.4. The van der Waals surface area contributed by atoms with E-state index in [0.717, 1.165) is 5.57 Å². The summed E-state index contributed by atoms with van der Waals surface area (Å²) in [7, 11) is 0. The molecule has 3 aromatic carbocycles. The second-order valence-corrected chi connectivity index (χ2v) is 14.4. The number of benzene rings is 3. The number of hydrogen-bond acceptors (Lipinski definition) is 6. The van der Waals surface area contributed by atoms with Crippen LogP contribution < -0.4 is 9.64 Å². The number of nitrogens with zero attached hydrogens (tertiary/aromatic N) is 2. The van der Waals surface area contributed by atoms with Gasteiger partial charge in [-0.2, -0.15) is 0 Å². The summed E-state index contributed by atoms with van der Waals surface area (Å²) in [6.45, 7) is 7.69. The van der Waals surface area contributed by atoms with Crippen LogP contribution >= 0.6 is 11.6 Å². The average molecular weight is 653 g/mol. The Balaban J connectivity index is 1.50. The summed E-state index contributed by atoms with van der Waals surface area (Å²) < 4.78 is 5.81. The molecule has 6 atom stereocenters. The van der Waals surface area contributed by atoms with Gasteiger partial charge >= 0.3 is 0 Å². The van der Waals surface area contributed by atoms with Crippen molar-refractivity contribution in [2.24, 2.45) is 23.7 Å². The number of ether oxygens (including phenoxy) is 1. The molecular formula is C38H37ClN2O6. The number of aromatic hydroxyl groups is 1. The molecule has 9 heteroatoms. The van der Waals surface area contributed by atoms with E-state index < -0.39 is 40.5 Å². The number of allylic oxidation sites excluding steroid dienone is 2. The van der Waals surface area contributed by atoms with Crippen LogP contribution in [0.1, 0.15) is 57.6 Å². The molecule has 3 fully saturated rings. The Hall–Kier alpha value is -4.43. The number of phenolic OH excluding ortho intramolecular Hbond substituents is 1. The second-order valence-electron chi connectivity index (χ2n) is 13.9. The van der Waals surface area contributed by atoms with Gasteiger partial charge in [-0.05, 0) is 87.9 Å². The fraction of sp³-hybridized carbons (Fsp3) is 0.368. The number of carbonyl (C=O) groups excluding carboxylic acids is 4. The van der Waals surface area contributed by atoms with Crippen molar-refractivity contribution in [1.29, 1.82) is 0 Å². The summed E-state index contributed by atoms with van der Waals surface area (Å²) in [5.41, 5.74) is 0.469. The van der Waals surface area contributed by atoms with Gasteiger partial charge in [0.15, 0.2) is 11.5 Å². The molecule has 47 heavy (non-hydrogen) atoms. The number of amides is 4. The number of anilines is 1. The molecule has 3 aromatic rings. The van der Waals surface area contributed by atoms with E-state index in [1.807, 2.05) is 64.1 Å². The predicted molar refractivity (Wildman–Crippen MR) is 177 cm³/mol. The largest absolute Gasteiger partial charge is 0.504 e. The first kappa shape index (κ1) is 31.2. The summed E-state index contributed by atoms with van der Waals surface area (Å²) in [6, 6.07) is 21.1. The van der Waals surface area contributed by atoms with Crippen LogP contribution in [0.2, 0.25) is 5.02 Å². The molecule has 2 aliphatic carbocycles.